The lowest BCUT2D eigenvalue weighted by Crippen LogP contribution is -2.47. The van der Waals surface area contributed by atoms with Gasteiger partial charge in [0.25, 0.3) is 0 Å². The fourth-order valence-electron chi connectivity index (χ4n) is 6.37. The van der Waals surface area contributed by atoms with Crippen LogP contribution in [0.5, 0.6) is 0 Å². The number of hydrogen-bond donors (Lipinski definition) is 1. The standard InChI is InChI=1S/C40H45F3N6O8S/c1-27(58-32-22-53-38(54-23-32)8-4-3-7-30-10-9-29(21-44)19-34(30)42)40(24-49-26-45-25-47-49,33-12-11-31(41)20-35(33)43)57-39(52)56-28(2)55-37(51)14-13-36(50)46-15-18-48-16-5-6-17-48/h3-4,7-12,19-20,25-28,32,38H,5-6,13-18,22-24H2,1-2H3,(H,46,50). The van der Waals surface area contributed by atoms with Crippen LogP contribution in [0.15, 0.2) is 67.3 Å². The Kier molecular flexibility index (Phi) is 16.3. The van der Waals surface area contributed by atoms with Crippen molar-refractivity contribution in [2.75, 3.05) is 39.4 Å². The van der Waals surface area contributed by atoms with Crippen molar-refractivity contribution >= 4 is 35.9 Å². The molecular weight excluding hydrogens is 782 g/mol. The number of ether oxygens (including phenoxy) is 5. The number of carbonyl (C=O) groups is 3. The number of aromatic nitrogens is 3. The topological polar surface area (TPSA) is 167 Å². The van der Waals surface area contributed by atoms with E-state index in [1.165, 1.54) is 54.2 Å². The van der Waals surface area contributed by atoms with Gasteiger partial charge in [-0.1, -0.05) is 24.3 Å². The predicted octanol–water partition coefficient (Wildman–Crippen LogP) is 5.63. The minimum Gasteiger partial charge on any atom is -0.425 e. The molecule has 2 fully saturated rings. The summed E-state index contributed by atoms with van der Waals surface area (Å²) >= 11 is 1.25. The zero-order chi connectivity index (χ0) is 41.5. The van der Waals surface area contributed by atoms with Crippen molar-refractivity contribution in [3.8, 4) is 6.07 Å². The van der Waals surface area contributed by atoms with E-state index >= 15 is 4.39 Å². The average Bonchev–Trinajstić information content (AvgIpc) is 3.91. The maximum Gasteiger partial charge on any atom is 0.512 e. The summed E-state index contributed by atoms with van der Waals surface area (Å²) in [5, 5.41) is 14.7. The van der Waals surface area contributed by atoms with Crippen molar-refractivity contribution in [2.24, 2.45) is 0 Å². The number of likely N-dealkylation sites (tertiary alicyclic amines) is 1. The maximum atomic E-state index is 15.7. The maximum absolute atomic E-state index is 15.7. The Hall–Kier alpha value is -5.22. The van der Waals surface area contributed by atoms with Crippen LogP contribution in [0.25, 0.3) is 6.08 Å². The zero-order valence-electron chi connectivity index (χ0n) is 32.1. The van der Waals surface area contributed by atoms with Gasteiger partial charge in [-0.05, 0) is 63.2 Å². The number of benzene rings is 2. The molecule has 1 N–H and O–H groups in total. The Morgan fingerprint density at radius 3 is 2.52 bits per heavy atom. The first-order valence-corrected chi connectivity index (χ1v) is 19.7. The number of halogens is 3. The van der Waals surface area contributed by atoms with E-state index in [1.54, 1.807) is 25.2 Å². The fraction of sp³-hybridized carbons (Fsp3) is 0.450. The third kappa shape index (κ3) is 12.9. The Bertz CT molecular complexity index is 1950. The molecule has 5 rings (SSSR count). The van der Waals surface area contributed by atoms with E-state index in [4.69, 9.17) is 28.9 Å². The first-order chi connectivity index (χ1) is 27.9. The minimum atomic E-state index is -1.91. The number of thioether (sulfide) groups is 1. The molecule has 58 heavy (non-hydrogen) atoms. The molecule has 18 heteroatoms. The van der Waals surface area contributed by atoms with E-state index in [9.17, 15) is 23.2 Å². The van der Waals surface area contributed by atoms with Crippen LogP contribution in [0.3, 0.4) is 0 Å². The number of rotatable bonds is 18. The molecule has 3 unspecified atom stereocenters. The smallest absolute Gasteiger partial charge is 0.425 e. The van der Waals surface area contributed by atoms with E-state index in [-0.39, 0.29) is 54.9 Å². The molecule has 1 aromatic heterocycles. The summed E-state index contributed by atoms with van der Waals surface area (Å²) in [5.41, 5.74) is -1.59. The van der Waals surface area contributed by atoms with Crippen LogP contribution in [-0.4, -0.2) is 100 Å². The normalized spacial score (nSPS) is 19.3. The summed E-state index contributed by atoms with van der Waals surface area (Å²) in [4.78, 5) is 44.5. The fourth-order valence-corrected chi connectivity index (χ4v) is 7.73. The first-order valence-electron chi connectivity index (χ1n) is 18.7. The lowest BCUT2D eigenvalue weighted by molar-refractivity contribution is -0.172. The van der Waals surface area contributed by atoms with Crippen LogP contribution in [0, 0.1) is 28.8 Å². The summed E-state index contributed by atoms with van der Waals surface area (Å²) in [7, 11) is 0. The molecule has 2 aliphatic rings. The molecule has 1 amide bonds. The number of hydrogen-bond acceptors (Lipinski definition) is 13. The highest BCUT2D eigenvalue weighted by Gasteiger charge is 2.47. The Morgan fingerprint density at radius 2 is 1.83 bits per heavy atom. The van der Waals surface area contributed by atoms with Gasteiger partial charge in [0.2, 0.25) is 12.2 Å². The number of nitriles is 1. The minimum absolute atomic E-state index is 0.126. The van der Waals surface area contributed by atoms with Crippen molar-refractivity contribution in [1.82, 2.24) is 25.0 Å². The third-order valence-corrected chi connectivity index (χ3v) is 10.8. The van der Waals surface area contributed by atoms with Gasteiger partial charge in [0.05, 0.1) is 43.1 Å². The van der Waals surface area contributed by atoms with Crippen molar-refractivity contribution in [3.63, 3.8) is 0 Å². The van der Waals surface area contributed by atoms with Crippen molar-refractivity contribution in [3.05, 3.63) is 101 Å². The number of allylic oxidation sites excluding steroid dienone is 2. The van der Waals surface area contributed by atoms with Crippen molar-refractivity contribution < 1.29 is 51.2 Å². The zero-order valence-corrected chi connectivity index (χ0v) is 32.9. The molecule has 2 aromatic carbocycles. The van der Waals surface area contributed by atoms with Gasteiger partial charge in [0, 0.05) is 48.9 Å². The molecule has 310 valence electrons. The van der Waals surface area contributed by atoms with E-state index in [0.717, 1.165) is 50.7 Å². The quantitative estimate of drug-likeness (QED) is 0.0954. The number of esters is 1. The summed E-state index contributed by atoms with van der Waals surface area (Å²) in [6.07, 6.45) is 7.34. The van der Waals surface area contributed by atoms with E-state index < -0.39 is 53.0 Å². The van der Waals surface area contributed by atoms with Gasteiger partial charge >= 0.3 is 12.1 Å². The molecule has 2 aliphatic heterocycles. The second-order valence-corrected chi connectivity index (χ2v) is 15.2. The number of carbonyl (C=O) groups excluding carboxylic acids is 3. The number of nitrogens with one attached hydrogen (secondary N) is 1. The molecule has 0 aliphatic carbocycles. The molecule has 3 heterocycles. The SMILES string of the molecule is CC(OC(=O)CCC(=O)NCCN1CCCC1)OC(=O)OC(Cn1cncn1)(c1ccc(F)cc1F)C(C)SC1COC(C=CC=Cc2ccc(C#N)cc2F)OC1. The van der Waals surface area contributed by atoms with Gasteiger partial charge < -0.3 is 33.9 Å². The second kappa shape index (κ2) is 21.5. The molecule has 0 spiro atoms. The summed E-state index contributed by atoms with van der Waals surface area (Å²) < 4.78 is 73.7. The van der Waals surface area contributed by atoms with Crippen molar-refractivity contribution in [1.29, 1.82) is 5.26 Å². The van der Waals surface area contributed by atoms with Crippen LogP contribution in [-0.2, 0) is 45.4 Å². The molecular formula is C40H45F3N6O8S. The molecule has 0 saturated carbocycles. The van der Waals surface area contributed by atoms with Gasteiger partial charge in [-0.2, -0.15) is 10.4 Å². The van der Waals surface area contributed by atoms with Gasteiger partial charge in [-0.15, -0.1) is 11.8 Å². The molecule has 0 radical (unpaired) electrons. The Labute approximate surface area is 338 Å². The molecule has 2 saturated heterocycles. The van der Waals surface area contributed by atoms with Gasteiger partial charge in [-0.3, -0.25) is 9.59 Å². The summed E-state index contributed by atoms with van der Waals surface area (Å²) in [6, 6.07) is 8.90. The van der Waals surface area contributed by atoms with Crippen LogP contribution in [0.2, 0.25) is 0 Å². The summed E-state index contributed by atoms with van der Waals surface area (Å²) in [5.74, 6) is -3.51. The number of amides is 1. The molecule has 3 aromatic rings. The van der Waals surface area contributed by atoms with Crippen molar-refractivity contribution in [2.45, 2.75) is 74.8 Å². The highest BCUT2D eigenvalue weighted by Crippen LogP contribution is 2.42. The van der Waals surface area contributed by atoms with Crippen LogP contribution in [0.4, 0.5) is 18.0 Å². The van der Waals surface area contributed by atoms with Crippen LogP contribution >= 0.6 is 11.8 Å². The largest absolute Gasteiger partial charge is 0.512 e. The van der Waals surface area contributed by atoms with Gasteiger partial charge in [0.1, 0.15) is 30.1 Å². The lowest BCUT2D eigenvalue weighted by atomic mass is 9.89. The lowest BCUT2D eigenvalue weighted by Gasteiger charge is -2.40. The average molecular weight is 827 g/mol. The van der Waals surface area contributed by atoms with E-state index in [2.05, 4.69) is 20.3 Å². The van der Waals surface area contributed by atoms with Gasteiger partial charge in [-0.25, -0.2) is 27.6 Å². The van der Waals surface area contributed by atoms with E-state index in [1.807, 2.05) is 6.07 Å². The van der Waals surface area contributed by atoms with Gasteiger partial charge in [0.15, 0.2) is 11.9 Å². The Morgan fingerprint density at radius 1 is 1.05 bits per heavy atom. The molecule has 3 atom stereocenters. The Balaban J connectivity index is 1.21. The highest BCUT2D eigenvalue weighted by atomic mass is 32.2. The number of nitrogens with zero attached hydrogens (tertiary/aromatic N) is 5. The van der Waals surface area contributed by atoms with E-state index in [0.29, 0.717) is 18.2 Å². The predicted molar refractivity (Wildman–Crippen MR) is 205 cm³/mol. The highest BCUT2D eigenvalue weighted by molar-refractivity contribution is 8.00. The second-order valence-electron chi connectivity index (χ2n) is 13.6. The first kappa shape index (κ1) is 43.9. The monoisotopic (exact) mass is 826 g/mol. The van der Waals surface area contributed by atoms with Crippen LogP contribution in [0.1, 0.15) is 56.2 Å². The third-order valence-electron chi connectivity index (χ3n) is 9.31. The van der Waals surface area contributed by atoms with Crippen LogP contribution < -0.4 is 5.32 Å². The summed E-state index contributed by atoms with van der Waals surface area (Å²) in [6.45, 7) is 6.19. The molecule has 0 bridgehead atoms. The molecule has 14 nitrogen and oxygen atoms in total.